The Kier molecular flexibility index (Phi) is 4.25. The van der Waals surface area contributed by atoms with Crippen LogP contribution in [0.3, 0.4) is 0 Å². The van der Waals surface area contributed by atoms with Crippen LogP contribution < -0.4 is 10.2 Å². The lowest BCUT2D eigenvalue weighted by molar-refractivity contribution is 0.340. The third-order valence-corrected chi connectivity index (χ3v) is 2.73. The minimum Gasteiger partial charge on any atom is -0.492 e. The smallest absolute Gasteiger partial charge is 0.491 e. The zero-order chi connectivity index (χ0) is 10.7. The van der Waals surface area contributed by atoms with Crippen molar-refractivity contribution in [3.63, 3.8) is 0 Å². The van der Waals surface area contributed by atoms with Crippen molar-refractivity contribution < 1.29 is 14.8 Å². The second kappa shape index (κ2) is 5.02. The molecule has 0 heterocycles. The van der Waals surface area contributed by atoms with Gasteiger partial charge in [0, 0.05) is 9.94 Å². The van der Waals surface area contributed by atoms with E-state index in [1.807, 2.05) is 6.92 Å². The number of hydrogen-bond donors (Lipinski definition) is 2. The highest BCUT2D eigenvalue weighted by molar-refractivity contribution is 9.10. The second-order valence-electron chi connectivity index (χ2n) is 2.58. The molecule has 2 N–H and O–H groups in total. The highest BCUT2D eigenvalue weighted by atomic mass is 79.9. The lowest BCUT2D eigenvalue weighted by atomic mass is 9.80. The normalized spacial score (nSPS) is 10.1. The van der Waals surface area contributed by atoms with Crippen LogP contribution in [0, 0.1) is 0 Å². The molecule has 1 aromatic carbocycles. The molecule has 0 saturated carbocycles. The predicted octanol–water partition coefficient (Wildman–Crippen LogP) is 1.18. The van der Waals surface area contributed by atoms with Crippen LogP contribution in [0.2, 0.25) is 5.02 Å². The lowest BCUT2D eigenvalue weighted by Crippen LogP contribution is -2.32. The monoisotopic (exact) mass is 278 g/mol. The molecule has 0 fully saturated rings. The molecule has 0 bridgehead atoms. The van der Waals surface area contributed by atoms with E-state index in [1.165, 1.54) is 0 Å². The van der Waals surface area contributed by atoms with Crippen LogP contribution in [0.15, 0.2) is 16.6 Å². The standard InChI is InChI=1S/C8H9BBrClO3/c1-2-14-6-4-3-5(10)7(8(6)11)9(12)13/h3-4,12-13H,2H2,1H3. The van der Waals surface area contributed by atoms with Crippen LogP contribution in [0.4, 0.5) is 0 Å². The van der Waals surface area contributed by atoms with Crippen molar-refractivity contribution in [2.24, 2.45) is 0 Å². The van der Waals surface area contributed by atoms with Gasteiger partial charge in [-0.15, -0.1) is 0 Å². The summed E-state index contributed by atoms with van der Waals surface area (Å²) in [5.74, 6) is 0.445. The minimum atomic E-state index is -1.61. The summed E-state index contributed by atoms with van der Waals surface area (Å²) >= 11 is 9.09. The van der Waals surface area contributed by atoms with Crippen LogP contribution in [0.1, 0.15) is 6.92 Å². The van der Waals surface area contributed by atoms with Gasteiger partial charge >= 0.3 is 7.12 Å². The van der Waals surface area contributed by atoms with E-state index in [-0.39, 0.29) is 10.5 Å². The fraction of sp³-hybridized carbons (Fsp3) is 0.250. The highest BCUT2D eigenvalue weighted by Gasteiger charge is 2.21. The first-order valence-corrected chi connectivity index (χ1v) is 5.21. The molecule has 76 valence electrons. The third-order valence-electron chi connectivity index (χ3n) is 1.65. The first-order valence-electron chi connectivity index (χ1n) is 4.04. The van der Waals surface area contributed by atoms with E-state index < -0.39 is 7.12 Å². The van der Waals surface area contributed by atoms with Crippen LogP contribution in [0.5, 0.6) is 5.75 Å². The number of benzene rings is 1. The van der Waals surface area contributed by atoms with Crippen molar-refractivity contribution in [1.29, 1.82) is 0 Å². The van der Waals surface area contributed by atoms with Crippen molar-refractivity contribution in [2.45, 2.75) is 6.92 Å². The zero-order valence-corrected chi connectivity index (χ0v) is 9.84. The van der Waals surface area contributed by atoms with E-state index in [0.29, 0.717) is 16.8 Å². The molecule has 0 aliphatic rings. The molecule has 0 aliphatic carbocycles. The quantitative estimate of drug-likeness (QED) is 0.817. The van der Waals surface area contributed by atoms with Gasteiger partial charge in [-0.3, -0.25) is 0 Å². The minimum absolute atomic E-state index is 0.219. The first-order chi connectivity index (χ1) is 6.57. The number of halogens is 2. The Hall–Kier alpha value is -0.225. The fourth-order valence-corrected chi connectivity index (χ4v) is 2.02. The van der Waals surface area contributed by atoms with Crippen molar-refractivity contribution >= 4 is 40.1 Å². The molecule has 3 nitrogen and oxygen atoms in total. The Morgan fingerprint density at radius 2 is 2.14 bits per heavy atom. The van der Waals surface area contributed by atoms with Crippen molar-refractivity contribution in [3.8, 4) is 5.75 Å². The zero-order valence-electron chi connectivity index (χ0n) is 7.50. The Labute approximate surface area is 95.9 Å². The maximum Gasteiger partial charge on any atom is 0.491 e. The summed E-state index contributed by atoms with van der Waals surface area (Å²) in [4.78, 5) is 0. The average Bonchev–Trinajstić information content (AvgIpc) is 2.10. The molecule has 0 unspecified atom stereocenters. The maximum absolute atomic E-state index is 9.06. The van der Waals surface area contributed by atoms with Gasteiger partial charge in [-0.2, -0.15) is 0 Å². The van der Waals surface area contributed by atoms with E-state index in [1.54, 1.807) is 12.1 Å². The van der Waals surface area contributed by atoms with E-state index in [4.69, 9.17) is 26.4 Å². The molecule has 0 atom stereocenters. The molecule has 0 aliphatic heterocycles. The molecule has 0 saturated heterocycles. The summed E-state index contributed by atoms with van der Waals surface area (Å²) in [5, 5.41) is 18.3. The first kappa shape index (κ1) is 11.8. The summed E-state index contributed by atoms with van der Waals surface area (Å²) in [7, 11) is -1.61. The molecule has 0 radical (unpaired) electrons. The molecule has 0 aromatic heterocycles. The maximum atomic E-state index is 9.06. The van der Waals surface area contributed by atoms with Crippen LogP contribution in [-0.4, -0.2) is 23.8 Å². The van der Waals surface area contributed by atoms with Crippen LogP contribution >= 0.6 is 27.5 Å². The van der Waals surface area contributed by atoms with Crippen LogP contribution in [-0.2, 0) is 0 Å². The van der Waals surface area contributed by atoms with Gasteiger partial charge in [0.2, 0.25) is 0 Å². The van der Waals surface area contributed by atoms with Gasteiger partial charge < -0.3 is 14.8 Å². The summed E-state index contributed by atoms with van der Waals surface area (Å²) in [6, 6.07) is 3.33. The molecule has 6 heteroatoms. The predicted molar refractivity (Wildman–Crippen MR) is 60.1 cm³/mol. The highest BCUT2D eigenvalue weighted by Crippen LogP contribution is 2.26. The van der Waals surface area contributed by atoms with Gasteiger partial charge in [0.05, 0.1) is 11.6 Å². The van der Waals surface area contributed by atoms with Gasteiger partial charge in [0.25, 0.3) is 0 Å². The number of hydrogen-bond acceptors (Lipinski definition) is 3. The second-order valence-corrected chi connectivity index (χ2v) is 3.81. The van der Waals surface area contributed by atoms with Gasteiger partial charge in [-0.05, 0) is 19.1 Å². The summed E-state index contributed by atoms with van der Waals surface area (Å²) in [6.45, 7) is 2.30. The topological polar surface area (TPSA) is 49.7 Å². The van der Waals surface area contributed by atoms with Gasteiger partial charge in [-0.25, -0.2) is 0 Å². The largest absolute Gasteiger partial charge is 0.492 e. The summed E-state index contributed by atoms with van der Waals surface area (Å²) < 4.78 is 5.75. The fourth-order valence-electron chi connectivity index (χ4n) is 1.05. The number of ether oxygens (including phenoxy) is 1. The Balaban J connectivity index is 3.19. The van der Waals surface area contributed by atoms with Gasteiger partial charge in [0.1, 0.15) is 5.75 Å². The molecule has 1 rings (SSSR count). The molecule has 0 amide bonds. The SMILES string of the molecule is CCOc1ccc(Br)c(B(O)O)c1Cl. The number of rotatable bonds is 3. The molecular formula is C8H9BBrClO3. The molecule has 1 aromatic rings. The lowest BCUT2D eigenvalue weighted by Gasteiger charge is -2.11. The van der Waals surface area contributed by atoms with E-state index >= 15 is 0 Å². The van der Waals surface area contributed by atoms with Crippen molar-refractivity contribution in [3.05, 3.63) is 21.6 Å². The van der Waals surface area contributed by atoms with E-state index in [9.17, 15) is 0 Å². The van der Waals surface area contributed by atoms with E-state index in [2.05, 4.69) is 15.9 Å². The molecule has 14 heavy (non-hydrogen) atoms. The van der Waals surface area contributed by atoms with Crippen molar-refractivity contribution in [2.75, 3.05) is 6.61 Å². The third kappa shape index (κ3) is 2.42. The van der Waals surface area contributed by atoms with Gasteiger partial charge in [0.15, 0.2) is 0 Å². The Bertz CT molecular complexity index is 333. The Morgan fingerprint density at radius 1 is 1.50 bits per heavy atom. The average molecular weight is 279 g/mol. The van der Waals surface area contributed by atoms with Crippen LogP contribution in [0.25, 0.3) is 0 Å². The summed E-state index contributed by atoms with van der Waals surface area (Å²) in [6.07, 6.45) is 0. The van der Waals surface area contributed by atoms with Gasteiger partial charge in [-0.1, -0.05) is 27.5 Å². The summed E-state index contributed by atoms with van der Waals surface area (Å²) in [5.41, 5.74) is 0.220. The molecule has 0 spiro atoms. The van der Waals surface area contributed by atoms with E-state index in [0.717, 1.165) is 0 Å². The van der Waals surface area contributed by atoms with Crippen molar-refractivity contribution in [1.82, 2.24) is 0 Å². The Morgan fingerprint density at radius 3 is 2.64 bits per heavy atom. The molecular weight excluding hydrogens is 270 g/mol.